The molecule has 4 heteroatoms. The molecule has 0 saturated carbocycles. The van der Waals surface area contributed by atoms with E-state index in [1.807, 2.05) is 30.3 Å². The summed E-state index contributed by atoms with van der Waals surface area (Å²) in [7, 11) is -2.69. The molecule has 0 atom stereocenters. The fourth-order valence-corrected chi connectivity index (χ4v) is 1.87. The van der Waals surface area contributed by atoms with E-state index >= 15 is 0 Å². The topological polar surface area (TPSA) is 49.7 Å². The summed E-state index contributed by atoms with van der Waals surface area (Å²) in [6.07, 6.45) is 0. The van der Waals surface area contributed by atoms with E-state index in [0.717, 1.165) is 5.75 Å². The van der Waals surface area contributed by atoms with Crippen molar-refractivity contribution in [1.29, 1.82) is 0 Å². The van der Waals surface area contributed by atoms with Crippen LogP contribution < -0.4 is 9.92 Å². The molecule has 0 radical (unpaired) electrons. The Bertz CT molecular complexity index is 440. The lowest BCUT2D eigenvalue weighted by atomic mass is 10.3. The second kappa shape index (κ2) is 4.94. The average Bonchev–Trinajstić information content (AvgIpc) is 2.31. The first-order chi connectivity index (χ1) is 7.75. The van der Waals surface area contributed by atoms with Crippen molar-refractivity contribution >= 4 is 14.5 Å². The summed E-state index contributed by atoms with van der Waals surface area (Å²) in [5.74, 6) is 1.45. The molecule has 0 saturated heterocycles. The molecule has 2 aromatic carbocycles. The van der Waals surface area contributed by atoms with Crippen LogP contribution in [-0.4, -0.2) is 18.9 Å². The standard InChI is InChI=1S/C12H12O3Si/c13-16(14)12-8-6-11(7-9-12)15-10-4-2-1-3-5-10/h1-9,13-14,16H. The van der Waals surface area contributed by atoms with Crippen LogP contribution in [0.15, 0.2) is 54.6 Å². The largest absolute Gasteiger partial charge is 0.457 e. The Morgan fingerprint density at radius 2 is 1.31 bits per heavy atom. The lowest BCUT2D eigenvalue weighted by Crippen LogP contribution is -2.29. The van der Waals surface area contributed by atoms with Crippen LogP contribution in [0.4, 0.5) is 0 Å². The molecule has 0 aliphatic rings. The van der Waals surface area contributed by atoms with Gasteiger partial charge >= 0.3 is 9.28 Å². The number of benzene rings is 2. The number of rotatable bonds is 3. The molecule has 0 amide bonds. The van der Waals surface area contributed by atoms with Crippen LogP contribution in [0.1, 0.15) is 0 Å². The van der Waals surface area contributed by atoms with E-state index in [0.29, 0.717) is 10.9 Å². The van der Waals surface area contributed by atoms with Gasteiger partial charge in [0.05, 0.1) is 0 Å². The molecule has 0 unspecified atom stereocenters. The van der Waals surface area contributed by atoms with Crippen LogP contribution >= 0.6 is 0 Å². The van der Waals surface area contributed by atoms with E-state index in [4.69, 9.17) is 14.3 Å². The third kappa shape index (κ3) is 2.70. The maximum atomic E-state index is 9.06. The molecule has 2 aromatic rings. The second-order valence-electron chi connectivity index (χ2n) is 3.36. The third-order valence-electron chi connectivity index (χ3n) is 2.16. The molecular weight excluding hydrogens is 220 g/mol. The highest BCUT2D eigenvalue weighted by Crippen LogP contribution is 2.19. The lowest BCUT2D eigenvalue weighted by Gasteiger charge is -2.06. The highest BCUT2D eigenvalue weighted by atomic mass is 28.3. The van der Waals surface area contributed by atoms with Crippen LogP contribution in [-0.2, 0) is 0 Å². The fourth-order valence-electron chi connectivity index (χ4n) is 1.33. The minimum absolute atomic E-state index is 0.584. The van der Waals surface area contributed by atoms with Crippen molar-refractivity contribution in [3.8, 4) is 11.5 Å². The Hall–Kier alpha value is -1.62. The van der Waals surface area contributed by atoms with Crippen molar-refractivity contribution in [2.45, 2.75) is 0 Å². The Balaban J connectivity index is 2.11. The molecule has 0 fully saturated rings. The van der Waals surface area contributed by atoms with Crippen molar-refractivity contribution < 1.29 is 14.3 Å². The van der Waals surface area contributed by atoms with Gasteiger partial charge in [0, 0.05) is 0 Å². The van der Waals surface area contributed by atoms with Crippen molar-refractivity contribution in [3.63, 3.8) is 0 Å². The molecule has 0 bridgehead atoms. The summed E-state index contributed by atoms with van der Waals surface area (Å²) in [5.41, 5.74) is 0. The van der Waals surface area contributed by atoms with Gasteiger partial charge in [-0.3, -0.25) is 0 Å². The second-order valence-corrected chi connectivity index (χ2v) is 4.77. The quantitative estimate of drug-likeness (QED) is 0.773. The highest BCUT2D eigenvalue weighted by molar-refractivity contribution is 6.58. The zero-order valence-electron chi connectivity index (χ0n) is 8.58. The highest BCUT2D eigenvalue weighted by Gasteiger charge is 2.05. The predicted molar refractivity (Wildman–Crippen MR) is 64.2 cm³/mol. The maximum absolute atomic E-state index is 9.06. The summed E-state index contributed by atoms with van der Waals surface area (Å²) in [6.45, 7) is 0. The molecule has 0 aliphatic heterocycles. The molecule has 2 N–H and O–H groups in total. The third-order valence-corrected chi connectivity index (χ3v) is 3.14. The van der Waals surface area contributed by atoms with Crippen molar-refractivity contribution in [1.82, 2.24) is 0 Å². The lowest BCUT2D eigenvalue weighted by molar-refractivity contribution is 0.425. The minimum Gasteiger partial charge on any atom is -0.457 e. The summed E-state index contributed by atoms with van der Waals surface area (Å²) >= 11 is 0. The first-order valence-corrected chi connectivity index (χ1v) is 6.56. The van der Waals surface area contributed by atoms with E-state index in [2.05, 4.69) is 0 Å². The van der Waals surface area contributed by atoms with Crippen molar-refractivity contribution in [2.24, 2.45) is 0 Å². The zero-order chi connectivity index (χ0) is 11.4. The molecule has 16 heavy (non-hydrogen) atoms. The molecule has 0 aliphatic carbocycles. The van der Waals surface area contributed by atoms with Crippen molar-refractivity contribution in [3.05, 3.63) is 54.6 Å². The number of hydrogen-bond donors (Lipinski definition) is 2. The summed E-state index contributed by atoms with van der Waals surface area (Å²) in [4.78, 5) is 18.1. The minimum atomic E-state index is -2.69. The smallest absolute Gasteiger partial charge is 0.350 e. The van der Waals surface area contributed by atoms with Gasteiger partial charge in [-0.1, -0.05) is 30.3 Å². The Morgan fingerprint density at radius 1 is 0.750 bits per heavy atom. The van der Waals surface area contributed by atoms with Gasteiger partial charge in [0.15, 0.2) is 0 Å². The monoisotopic (exact) mass is 232 g/mol. The van der Waals surface area contributed by atoms with Gasteiger partial charge in [-0.2, -0.15) is 0 Å². The van der Waals surface area contributed by atoms with Crippen LogP contribution in [0.25, 0.3) is 0 Å². The molecule has 2 rings (SSSR count). The van der Waals surface area contributed by atoms with E-state index in [9.17, 15) is 0 Å². The van der Waals surface area contributed by atoms with Crippen LogP contribution in [0.2, 0.25) is 0 Å². The predicted octanol–water partition coefficient (Wildman–Crippen LogP) is 0.891. The summed E-state index contributed by atoms with van der Waals surface area (Å²) in [6, 6.07) is 16.3. The normalized spacial score (nSPS) is 10.4. The van der Waals surface area contributed by atoms with Crippen LogP contribution in [0.3, 0.4) is 0 Å². The van der Waals surface area contributed by atoms with Crippen molar-refractivity contribution in [2.75, 3.05) is 0 Å². The SMILES string of the molecule is O[SiH](O)c1ccc(Oc2ccccc2)cc1. The Kier molecular flexibility index (Phi) is 3.36. The van der Waals surface area contributed by atoms with Gasteiger partial charge in [0.1, 0.15) is 11.5 Å². The van der Waals surface area contributed by atoms with Gasteiger partial charge in [-0.15, -0.1) is 0 Å². The zero-order valence-corrected chi connectivity index (χ0v) is 9.73. The first kappa shape index (κ1) is 10.9. The van der Waals surface area contributed by atoms with Gasteiger partial charge in [0.2, 0.25) is 0 Å². The van der Waals surface area contributed by atoms with Gasteiger partial charge < -0.3 is 14.3 Å². The van der Waals surface area contributed by atoms with E-state index in [1.54, 1.807) is 24.3 Å². The van der Waals surface area contributed by atoms with E-state index in [1.165, 1.54) is 0 Å². The number of hydrogen-bond acceptors (Lipinski definition) is 3. The molecule has 0 aromatic heterocycles. The first-order valence-electron chi connectivity index (χ1n) is 4.95. The average molecular weight is 232 g/mol. The molecule has 3 nitrogen and oxygen atoms in total. The maximum Gasteiger partial charge on any atom is 0.350 e. The molecule has 0 spiro atoms. The molecule has 0 heterocycles. The fraction of sp³-hybridized carbons (Fsp3) is 0. The molecule has 82 valence electrons. The summed E-state index contributed by atoms with van der Waals surface area (Å²) < 4.78 is 5.57. The van der Waals surface area contributed by atoms with Crippen LogP contribution in [0, 0.1) is 0 Å². The Morgan fingerprint density at radius 3 is 1.88 bits per heavy atom. The van der Waals surface area contributed by atoms with Gasteiger partial charge in [-0.05, 0) is 29.5 Å². The number of ether oxygens (including phenoxy) is 1. The van der Waals surface area contributed by atoms with Crippen LogP contribution in [0.5, 0.6) is 11.5 Å². The number of para-hydroxylation sites is 1. The van der Waals surface area contributed by atoms with E-state index in [-0.39, 0.29) is 0 Å². The Labute approximate surface area is 95.4 Å². The van der Waals surface area contributed by atoms with Gasteiger partial charge in [-0.25, -0.2) is 0 Å². The van der Waals surface area contributed by atoms with Gasteiger partial charge in [0.25, 0.3) is 0 Å². The summed E-state index contributed by atoms with van der Waals surface area (Å²) in [5, 5.41) is 0.584. The van der Waals surface area contributed by atoms with E-state index < -0.39 is 9.28 Å². The molecular formula is C12H12O3Si.